The number of nitro benzene ring substituents is 1. The zero-order valence-electron chi connectivity index (χ0n) is 10.8. The normalized spacial score (nSPS) is 18.2. The first-order valence-corrected chi connectivity index (χ1v) is 6.03. The number of hydrogen-bond acceptors (Lipinski definition) is 6. The summed E-state index contributed by atoms with van der Waals surface area (Å²) in [6.45, 7) is -0.136. The van der Waals surface area contributed by atoms with Gasteiger partial charge in [0, 0.05) is 12.1 Å². The van der Waals surface area contributed by atoms with Crippen LogP contribution < -0.4 is 10.6 Å². The van der Waals surface area contributed by atoms with E-state index in [-0.39, 0.29) is 30.7 Å². The molecule has 1 atom stereocenters. The van der Waals surface area contributed by atoms with Gasteiger partial charge in [-0.15, -0.1) is 0 Å². The Morgan fingerprint density at radius 3 is 2.76 bits per heavy atom. The average Bonchev–Trinajstić information content (AvgIpc) is 2.47. The first kappa shape index (κ1) is 14.4. The average molecular weight is 292 g/mol. The molecular weight excluding hydrogens is 280 g/mol. The highest BCUT2D eigenvalue weighted by atomic mass is 16.6. The molecule has 1 unspecified atom stereocenters. The molecule has 1 aromatic rings. The third-order valence-electron chi connectivity index (χ3n) is 2.70. The van der Waals surface area contributed by atoms with Gasteiger partial charge in [-0.05, 0) is 17.7 Å². The molecule has 9 heteroatoms. The fourth-order valence-electron chi connectivity index (χ4n) is 1.62. The Bertz CT molecular complexity index is 584. The van der Waals surface area contributed by atoms with Gasteiger partial charge in [0.1, 0.15) is 12.6 Å². The van der Waals surface area contributed by atoms with Crippen LogP contribution in [0, 0.1) is 10.1 Å². The number of oxime groups is 1. The Balaban J connectivity index is 1.83. The number of carbonyl (C=O) groups is 2. The van der Waals surface area contributed by atoms with E-state index in [0.717, 1.165) is 0 Å². The molecule has 0 aromatic heterocycles. The molecule has 110 valence electrons. The minimum absolute atomic E-state index is 0.0188. The molecule has 0 saturated carbocycles. The van der Waals surface area contributed by atoms with Crippen molar-refractivity contribution in [2.45, 2.75) is 6.04 Å². The summed E-state index contributed by atoms with van der Waals surface area (Å²) >= 11 is 0. The second kappa shape index (κ2) is 6.46. The summed E-state index contributed by atoms with van der Waals surface area (Å²) in [5, 5.41) is 19.0. The lowest BCUT2D eigenvalue weighted by atomic mass is 10.2. The van der Waals surface area contributed by atoms with Crippen LogP contribution in [0.4, 0.5) is 5.69 Å². The highest BCUT2D eigenvalue weighted by molar-refractivity contribution is 5.94. The number of nitrogens with zero attached hydrogens (tertiary/aromatic N) is 2. The number of carbonyl (C=O) groups excluding carboxylic acids is 2. The van der Waals surface area contributed by atoms with Gasteiger partial charge < -0.3 is 15.5 Å². The molecule has 1 aromatic carbocycles. The van der Waals surface area contributed by atoms with Crippen LogP contribution in [0.2, 0.25) is 0 Å². The molecule has 2 rings (SSSR count). The number of nitrogens with one attached hydrogen (secondary N) is 2. The molecule has 0 spiro atoms. The van der Waals surface area contributed by atoms with E-state index in [2.05, 4.69) is 15.8 Å². The minimum Gasteiger partial charge on any atom is -0.393 e. The van der Waals surface area contributed by atoms with Gasteiger partial charge in [0.2, 0.25) is 11.8 Å². The van der Waals surface area contributed by atoms with Crippen LogP contribution in [0.1, 0.15) is 5.56 Å². The van der Waals surface area contributed by atoms with Crippen LogP contribution in [-0.2, 0) is 14.4 Å². The molecule has 9 nitrogen and oxygen atoms in total. The minimum atomic E-state index is -0.778. The lowest BCUT2D eigenvalue weighted by Crippen LogP contribution is -2.57. The van der Waals surface area contributed by atoms with E-state index in [9.17, 15) is 19.7 Å². The summed E-state index contributed by atoms with van der Waals surface area (Å²) in [4.78, 5) is 37.4. The Labute approximate surface area is 119 Å². The number of piperazine rings is 1. The molecule has 2 amide bonds. The fraction of sp³-hybridized carbons (Fsp3) is 0.250. The molecular formula is C12H12N4O5. The number of nitro groups is 1. The van der Waals surface area contributed by atoms with E-state index in [1.807, 2.05) is 0 Å². The number of benzene rings is 1. The highest BCUT2D eigenvalue weighted by Crippen LogP contribution is 2.10. The van der Waals surface area contributed by atoms with Gasteiger partial charge in [0.15, 0.2) is 0 Å². The summed E-state index contributed by atoms with van der Waals surface area (Å²) in [5.41, 5.74) is 0.590. The zero-order chi connectivity index (χ0) is 15.2. The van der Waals surface area contributed by atoms with Crippen LogP contribution in [-0.4, -0.2) is 42.1 Å². The SMILES string of the molecule is O=C1CNC(=O)C(CO/N=C/c2ccc([N+](=O)[O-])cc2)N1. The van der Waals surface area contributed by atoms with Crippen LogP contribution in [0.25, 0.3) is 0 Å². The first-order chi connectivity index (χ1) is 10.1. The van der Waals surface area contributed by atoms with E-state index in [0.29, 0.717) is 5.56 Å². The second-order valence-electron chi connectivity index (χ2n) is 4.22. The van der Waals surface area contributed by atoms with Crippen LogP contribution in [0.15, 0.2) is 29.4 Å². The predicted molar refractivity (Wildman–Crippen MR) is 71.6 cm³/mol. The van der Waals surface area contributed by atoms with Crippen LogP contribution in [0.3, 0.4) is 0 Å². The van der Waals surface area contributed by atoms with E-state index in [1.165, 1.54) is 30.5 Å². The van der Waals surface area contributed by atoms with Crippen molar-refractivity contribution in [3.63, 3.8) is 0 Å². The molecule has 1 saturated heterocycles. The molecule has 1 heterocycles. The number of amides is 2. The van der Waals surface area contributed by atoms with Crippen molar-refractivity contribution < 1.29 is 19.3 Å². The Morgan fingerprint density at radius 1 is 1.38 bits per heavy atom. The predicted octanol–water partition coefficient (Wildman–Crippen LogP) is -0.440. The summed E-state index contributed by atoms with van der Waals surface area (Å²) in [7, 11) is 0. The first-order valence-electron chi connectivity index (χ1n) is 6.03. The van der Waals surface area contributed by atoms with E-state index in [1.54, 1.807) is 0 Å². The zero-order valence-corrected chi connectivity index (χ0v) is 10.8. The van der Waals surface area contributed by atoms with Gasteiger partial charge in [0.05, 0.1) is 17.7 Å². The van der Waals surface area contributed by atoms with Crippen molar-refractivity contribution in [3.8, 4) is 0 Å². The lowest BCUT2D eigenvalue weighted by molar-refractivity contribution is -0.384. The molecule has 1 aliphatic heterocycles. The second-order valence-corrected chi connectivity index (χ2v) is 4.22. The summed E-state index contributed by atoms with van der Waals surface area (Å²) < 4.78 is 0. The quantitative estimate of drug-likeness (QED) is 0.432. The van der Waals surface area contributed by atoms with Gasteiger partial charge in [-0.2, -0.15) is 0 Å². The Hall–Kier alpha value is -2.97. The third kappa shape index (κ3) is 4.00. The topological polar surface area (TPSA) is 123 Å². The molecule has 1 fully saturated rings. The van der Waals surface area contributed by atoms with Crippen molar-refractivity contribution in [2.24, 2.45) is 5.16 Å². The largest absolute Gasteiger partial charge is 0.393 e. The third-order valence-corrected chi connectivity index (χ3v) is 2.70. The Kier molecular flexibility index (Phi) is 4.44. The van der Waals surface area contributed by atoms with Crippen molar-refractivity contribution in [1.82, 2.24) is 10.6 Å². The maximum absolute atomic E-state index is 11.4. The van der Waals surface area contributed by atoms with Crippen molar-refractivity contribution >= 4 is 23.7 Å². The summed E-state index contributed by atoms with van der Waals surface area (Å²) in [5.74, 6) is -0.623. The molecule has 0 bridgehead atoms. The standard InChI is InChI=1S/C12H12N4O5/c17-11-6-13-12(18)10(15-11)7-21-14-5-8-1-3-9(4-2-8)16(19)20/h1-5,10H,6-7H2,(H,13,18)(H,15,17)/b14-5+. The Morgan fingerprint density at radius 2 is 2.10 bits per heavy atom. The van der Waals surface area contributed by atoms with E-state index >= 15 is 0 Å². The van der Waals surface area contributed by atoms with Crippen LogP contribution in [0.5, 0.6) is 0 Å². The number of hydrogen-bond donors (Lipinski definition) is 2. The van der Waals surface area contributed by atoms with Gasteiger partial charge in [0.25, 0.3) is 5.69 Å². The molecule has 0 radical (unpaired) electrons. The fourth-order valence-corrected chi connectivity index (χ4v) is 1.62. The lowest BCUT2D eigenvalue weighted by Gasteiger charge is -2.21. The molecule has 0 aliphatic carbocycles. The number of rotatable bonds is 5. The maximum atomic E-state index is 11.4. The van der Waals surface area contributed by atoms with E-state index in [4.69, 9.17) is 4.84 Å². The highest BCUT2D eigenvalue weighted by Gasteiger charge is 2.26. The van der Waals surface area contributed by atoms with Gasteiger partial charge in [-0.1, -0.05) is 5.16 Å². The summed E-state index contributed by atoms with van der Waals surface area (Å²) in [6, 6.07) is 4.94. The van der Waals surface area contributed by atoms with Crippen LogP contribution >= 0.6 is 0 Å². The van der Waals surface area contributed by atoms with E-state index < -0.39 is 11.0 Å². The molecule has 2 N–H and O–H groups in total. The molecule has 21 heavy (non-hydrogen) atoms. The van der Waals surface area contributed by atoms with Crippen molar-refractivity contribution in [1.29, 1.82) is 0 Å². The van der Waals surface area contributed by atoms with Crippen molar-refractivity contribution in [2.75, 3.05) is 13.2 Å². The van der Waals surface area contributed by atoms with Gasteiger partial charge >= 0.3 is 0 Å². The maximum Gasteiger partial charge on any atom is 0.269 e. The molecule has 1 aliphatic rings. The summed E-state index contributed by atoms with van der Waals surface area (Å²) in [6.07, 6.45) is 1.35. The van der Waals surface area contributed by atoms with Crippen molar-refractivity contribution in [3.05, 3.63) is 39.9 Å². The van der Waals surface area contributed by atoms with Gasteiger partial charge in [-0.25, -0.2) is 0 Å². The number of non-ortho nitro benzene ring substituents is 1. The van der Waals surface area contributed by atoms with Gasteiger partial charge in [-0.3, -0.25) is 19.7 Å². The smallest absolute Gasteiger partial charge is 0.269 e. The monoisotopic (exact) mass is 292 g/mol.